The molecule has 0 bridgehead atoms. The normalized spacial score (nSPS) is 11.1. The number of nitrogens with zero attached hydrogens (tertiary/aromatic N) is 1. The Morgan fingerprint density at radius 2 is 2.00 bits per heavy atom. The second kappa shape index (κ2) is 5.03. The molecule has 0 aliphatic heterocycles. The van der Waals surface area contributed by atoms with Crippen LogP contribution in [0.25, 0.3) is 0 Å². The number of rotatable bonds is 2. The van der Waals surface area contributed by atoms with Crippen LogP contribution in [0.3, 0.4) is 0 Å². The molecule has 1 aromatic rings. The van der Waals surface area contributed by atoms with Crippen LogP contribution < -0.4 is 10.5 Å². The third kappa shape index (κ3) is 3.69. The Bertz CT molecular complexity index is 542. The van der Waals surface area contributed by atoms with Gasteiger partial charge in [-0.05, 0) is 34.1 Å². The lowest BCUT2D eigenvalue weighted by Crippen LogP contribution is -2.27. The fourth-order valence-electron chi connectivity index (χ4n) is 1.00. The van der Waals surface area contributed by atoms with Crippen molar-refractivity contribution in [2.24, 2.45) is 5.14 Å². The van der Waals surface area contributed by atoms with Crippen LogP contribution in [0.2, 0.25) is 0 Å². The Kier molecular flexibility index (Phi) is 4.12. The van der Waals surface area contributed by atoms with Crippen molar-refractivity contribution in [3.8, 4) is 0 Å². The molecule has 8 heteroatoms. The zero-order valence-corrected chi connectivity index (χ0v) is 11.7. The number of halogens is 1. The molecule has 6 nitrogen and oxygen atoms in total. The topological polar surface area (TPSA) is 92.5 Å². The lowest BCUT2D eigenvalue weighted by atomic mass is 10.3. The summed E-state index contributed by atoms with van der Waals surface area (Å²) in [6.45, 7) is 0. The first-order valence-electron chi connectivity index (χ1n) is 4.52. The van der Waals surface area contributed by atoms with Crippen molar-refractivity contribution >= 4 is 37.7 Å². The summed E-state index contributed by atoms with van der Waals surface area (Å²) in [4.78, 5) is 12.7. The SMILES string of the molecule is CN(C)C(=O)Nc1ccc(S(N)(=O)=O)cc1Br. The molecule has 0 heterocycles. The zero-order valence-electron chi connectivity index (χ0n) is 9.27. The number of amides is 2. The molecule has 0 saturated carbocycles. The summed E-state index contributed by atoms with van der Waals surface area (Å²) in [7, 11) is -0.542. The zero-order chi connectivity index (χ0) is 13.2. The number of anilines is 1. The van der Waals surface area contributed by atoms with E-state index in [0.29, 0.717) is 10.2 Å². The molecule has 94 valence electrons. The molecule has 0 spiro atoms. The van der Waals surface area contributed by atoms with Gasteiger partial charge in [0.05, 0.1) is 10.6 Å². The van der Waals surface area contributed by atoms with E-state index in [1.807, 2.05) is 0 Å². The van der Waals surface area contributed by atoms with Gasteiger partial charge in [0.25, 0.3) is 0 Å². The number of hydrogen-bond acceptors (Lipinski definition) is 3. The van der Waals surface area contributed by atoms with E-state index in [0.717, 1.165) is 0 Å². The number of urea groups is 1. The van der Waals surface area contributed by atoms with Crippen LogP contribution in [-0.2, 0) is 10.0 Å². The number of hydrogen-bond donors (Lipinski definition) is 2. The van der Waals surface area contributed by atoms with Crippen molar-refractivity contribution in [2.75, 3.05) is 19.4 Å². The second-order valence-electron chi connectivity index (χ2n) is 3.51. The van der Waals surface area contributed by atoms with Crippen LogP contribution in [0.4, 0.5) is 10.5 Å². The van der Waals surface area contributed by atoms with E-state index < -0.39 is 10.0 Å². The fraction of sp³-hybridized carbons (Fsp3) is 0.222. The molecule has 0 atom stereocenters. The summed E-state index contributed by atoms with van der Waals surface area (Å²) in [5, 5.41) is 7.57. The Hall–Kier alpha value is -1.12. The predicted molar refractivity (Wildman–Crippen MR) is 68.2 cm³/mol. The van der Waals surface area contributed by atoms with Crippen LogP contribution >= 0.6 is 15.9 Å². The minimum atomic E-state index is -3.74. The number of primary sulfonamides is 1. The lowest BCUT2D eigenvalue weighted by molar-refractivity contribution is 0.230. The van der Waals surface area contributed by atoms with Crippen molar-refractivity contribution in [3.05, 3.63) is 22.7 Å². The first kappa shape index (κ1) is 13.9. The van der Waals surface area contributed by atoms with Crippen LogP contribution in [0, 0.1) is 0 Å². The molecular formula is C9H12BrN3O3S. The predicted octanol–water partition coefficient (Wildman–Crippen LogP) is 1.19. The highest BCUT2D eigenvalue weighted by atomic mass is 79.9. The van der Waals surface area contributed by atoms with Crippen molar-refractivity contribution in [1.82, 2.24) is 4.90 Å². The molecule has 0 unspecified atom stereocenters. The van der Waals surface area contributed by atoms with E-state index in [1.54, 1.807) is 14.1 Å². The van der Waals surface area contributed by atoms with Gasteiger partial charge in [-0.25, -0.2) is 18.4 Å². The van der Waals surface area contributed by atoms with Crippen molar-refractivity contribution in [1.29, 1.82) is 0 Å². The van der Waals surface area contributed by atoms with Crippen LogP contribution in [0.5, 0.6) is 0 Å². The Balaban J connectivity index is 3.03. The van der Waals surface area contributed by atoms with Gasteiger partial charge in [0.2, 0.25) is 10.0 Å². The molecule has 0 radical (unpaired) electrons. The third-order valence-corrected chi connectivity index (χ3v) is 3.48. The van der Waals surface area contributed by atoms with E-state index in [1.165, 1.54) is 23.1 Å². The average molecular weight is 322 g/mol. The summed E-state index contributed by atoms with van der Waals surface area (Å²) >= 11 is 3.16. The molecular weight excluding hydrogens is 310 g/mol. The molecule has 2 amide bonds. The van der Waals surface area contributed by atoms with E-state index in [9.17, 15) is 13.2 Å². The second-order valence-corrected chi connectivity index (χ2v) is 5.93. The van der Waals surface area contributed by atoms with Gasteiger partial charge < -0.3 is 10.2 Å². The van der Waals surface area contributed by atoms with Gasteiger partial charge in [-0.15, -0.1) is 0 Å². The largest absolute Gasteiger partial charge is 0.331 e. The Morgan fingerprint density at radius 3 is 2.41 bits per heavy atom. The summed E-state index contributed by atoms with van der Waals surface area (Å²) in [6.07, 6.45) is 0. The number of carbonyl (C=O) groups is 1. The highest BCUT2D eigenvalue weighted by molar-refractivity contribution is 9.10. The van der Waals surface area contributed by atoms with Crippen molar-refractivity contribution < 1.29 is 13.2 Å². The maximum atomic E-state index is 11.4. The van der Waals surface area contributed by atoms with E-state index in [4.69, 9.17) is 5.14 Å². The molecule has 0 saturated heterocycles. The third-order valence-electron chi connectivity index (χ3n) is 1.92. The molecule has 1 rings (SSSR count). The first-order chi connectivity index (χ1) is 7.71. The minimum absolute atomic E-state index is 0.0211. The van der Waals surface area contributed by atoms with Crippen LogP contribution in [0.15, 0.2) is 27.6 Å². The van der Waals surface area contributed by atoms with Crippen LogP contribution in [0.1, 0.15) is 0 Å². The number of carbonyl (C=O) groups excluding carboxylic acids is 1. The number of benzene rings is 1. The molecule has 0 fully saturated rings. The minimum Gasteiger partial charge on any atom is -0.331 e. The standard InChI is InChI=1S/C9H12BrN3O3S/c1-13(2)9(14)12-8-4-3-6(5-7(8)10)17(11,15)16/h3-5H,1-2H3,(H,12,14)(H2,11,15,16). The van der Waals surface area contributed by atoms with Gasteiger partial charge in [0.1, 0.15) is 0 Å². The summed E-state index contributed by atoms with van der Waals surface area (Å²) in [5.41, 5.74) is 0.469. The molecule has 0 aromatic heterocycles. The maximum Gasteiger partial charge on any atom is 0.321 e. The highest BCUT2D eigenvalue weighted by Crippen LogP contribution is 2.25. The van der Waals surface area contributed by atoms with Gasteiger partial charge in [0, 0.05) is 18.6 Å². The molecule has 17 heavy (non-hydrogen) atoms. The Morgan fingerprint density at radius 1 is 1.41 bits per heavy atom. The van der Waals surface area contributed by atoms with Gasteiger partial charge in [-0.3, -0.25) is 0 Å². The molecule has 1 aromatic carbocycles. The van der Waals surface area contributed by atoms with Gasteiger partial charge in [-0.2, -0.15) is 0 Å². The first-order valence-corrected chi connectivity index (χ1v) is 6.86. The summed E-state index contributed by atoms with van der Waals surface area (Å²) in [6, 6.07) is 3.81. The molecule has 0 aliphatic rings. The van der Waals surface area contributed by atoms with Crippen LogP contribution in [-0.4, -0.2) is 33.4 Å². The smallest absolute Gasteiger partial charge is 0.321 e. The average Bonchev–Trinajstić information content (AvgIpc) is 2.19. The highest BCUT2D eigenvalue weighted by Gasteiger charge is 2.12. The quantitative estimate of drug-likeness (QED) is 0.856. The molecule has 0 aliphatic carbocycles. The summed E-state index contributed by atoms with van der Waals surface area (Å²) < 4.78 is 22.6. The van der Waals surface area contributed by atoms with Gasteiger partial charge in [0.15, 0.2) is 0 Å². The van der Waals surface area contributed by atoms with E-state index in [-0.39, 0.29) is 10.9 Å². The van der Waals surface area contributed by atoms with E-state index >= 15 is 0 Å². The Labute approximate surface area is 108 Å². The van der Waals surface area contributed by atoms with Gasteiger partial charge >= 0.3 is 6.03 Å². The van der Waals surface area contributed by atoms with Crippen molar-refractivity contribution in [3.63, 3.8) is 0 Å². The lowest BCUT2D eigenvalue weighted by Gasteiger charge is -2.13. The summed E-state index contributed by atoms with van der Waals surface area (Å²) in [5.74, 6) is 0. The van der Waals surface area contributed by atoms with Gasteiger partial charge in [-0.1, -0.05) is 0 Å². The van der Waals surface area contributed by atoms with Crippen molar-refractivity contribution in [2.45, 2.75) is 4.90 Å². The maximum absolute atomic E-state index is 11.4. The van der Waals surface area contributed by atoms with E-state index in [2.05, 4.69) is 21.2 Å². The number of sulfonamides is 1. The number of nitrogens with two attached hydrogens (primary N) is 1. The fourth-order valence-corrected chi connectivity index (χ4v) is 2.17. The number of nitrogens with one attached hydrogen (secondary N) is 1. The molecule has 3 N–H and O–H groups in total. The monoisotopic (exact) mass is 321 g/mol.